The quantitative estimate of drug-likeness (QED) is 0.219. The maximum Gasteiger partial charge on any atom is 0.322 e. The highest BCUT2D eigenvalue weighted by Crippen LogP contribution is 2.27. The van der Waals surface area contributed by atoms with Crippen molar-refractivity contribution in [1.82, 2.24) is 14.7 Å². The summed E-state index contributed by atoms with van der Waals surface area (Å²) < 4.78 is 1.77. The normalized spacial score (nSPS) is 10.9. The number of rotatable bonds is 10. The van der Waals surface area contributed by atoms with Crippen LogP contribution in [0.1, 0.15) is 56.2 Å². The molecule has 40 heavy (non-hydrogen) atoms. The van der Waals surface area contributed by atoms with Gasteiger partial charge in [-0.3, -0.25) is 4.79 Å². The monoisotopic (exact) mass is 537 g/mol. The lowest BCUT2D eigenvalue weighted by Crippen LogP contribution is -2.41. The molecule has 7 nitrogen and oxygen atoms in total. The molecule has 0 spiro atoms. The molecule has 1 heterocycles. The second kappa shape index (κ2) is 13.1. The summed E-state index contributed by atoms with van der Waals surface area (Å²) in [5.41, 5.74) is 6.69. The van der Waals surface area contributed by atoms with E-state index in [1.165, 1.54) is 5.56 Å². The van der Waals surface area contributed by atoms with Gasteiger partial charge in [-0.05, 0) is 55.5 Å². The number of aromatic nitrogens is 2. The van der Waals surface area contributed by atoms with Gasteiger partial charge in [0.1, 0.15) is 12.4 Å². The van der Waals surface area contributed by atoms with Gasteiger partial charge in [0.25, 0.3) is 0 Å². The van der Waals surface area contributed by atoms with Crippen molar-refractivity contribution in [3.05, 3.63) is 95.6 Å². The van der Waals surface area contributed by atoms with E-state index in [9.17, 15) is 9.59 Å². The van der Waals surface area contributed by atoms with Gasteiger partial charge in [0.05, 0.1) is 11.4 Å². The third kappa shape index (κ3) is 7.17. The van der Waals surface area contributed by atoms with E-state index in [0.717, 1.165) is 40.9 Å². The Kier molecular flexibility index (Phi) is 9.38. The molecule has 3 amide bonds. The first-order valence-corrected chi connectivity index (χ1v) is 13.9. The molecule has 0 radical (unpaired) electrons. The summed E-state index contributed by atoms with van der Waals surface area (Å²) in [5.74, 6) is 0.678. The van der Waals surface area contributed by atoms with Crippen molar-refractivity contribution < 1.29 is 9.59 Å². The van der Waals surface area contributed by atoms with Crippen LogP contribution >= 0.6 is 0 Å². The van der Waals surface area contributed by atoms with E-state index in [1.54, 1.807) is 9.58 Å². The van der Waals surface area contributed by atoms with Crippen LogP contribution in [0.2, 0.25) is 0 Å². The fourth-order valence-electron chi connectivity index (χ4n) is 4.56. The molecule has 0 aliphatic rings. The second-order valence-corrected chi connectivity index (χ2v) is 10.5. The van der Waals surface area contributed by atoms with E-state index in [0.29, 0.717) is 24.0 Å². The van der Waals surface area contributed by atoms with Crippen LogP contribution in [0.5, 0.6) is 0 Å². The zero-order chi connectivity index (χ0) is 28.6. The fraction of sp³-hybridized carbons (Fsp3) is 0.303. The van der Waals surface area contributed by atoms with Crippen LogP contribution in [0, 0.1) is 13.8 Å². The molecule has 4 rings (SSSR count). The van der Waals surface area contributed by atoms with Crippen molar-refractivity contribution in [3.8, 4) is 16.9 Å². The van der Waals surface area contributed by atoms with E-state index < -0.39 is 0 Å². The Morgan fingerprint density at radius 1 is 0.925 bits per heavy atom. The highest BCUT2D eigenvalue weighted by atomic mass is 16.2. The van der Waals surface area contributed by atoms with Crippen LogP contribution < -0.4 is 10.6 Å². The molecule has 208 valence electrons. The number of nitrogens with one attached hydrogen (secondary N) is 2. The first-order valence-electron chi connectivity index (χ1n) is 13.9. The van der Waals surface area contributed by atoms with Gasteiger partial charge in [0.2, 0.25) is 5.91 Å². The van der Waals surface area contributed by atoms with Gasteiger partial charge in [-0.15, -0.1) is 0 Å². The zero-order valence-electron chi connectivity index (χ0n) is 24.1. The zero-order valence-corrected chi connectivity index (χ0v) is 24.1. The molecule has 0 unspecified atom stereocenters. The number of amides is 3. The fourth-order valence-corrected chi connectivity index (χ4v) is 4.56. The highest BCUT2D eigenvalue weighted by molar-refractivity contribution is 5.97. The van der Waals surface area contributed by atoms with E-state index in [2.05, 4.69) is 37.5 Å². The third-order valence-corrected chi connectivity index (χ3v) is 6.86. The van der Waals surface area contributed by atoms with Crippen LogP contribution in [-0.4, -0.2) is 39.7 Å². The molecule has 4 aromatic rings. The first-order chi connectivity index (χ1) is 19.2. The largest absolute Gasteiger partial charge is 0.322 e. The predicted octanol–water partition coefficient (Wildman–Crippen LogP) is 7.55. The minimum Gasteiger partial charge on any atom is -0.315 e. The van der Waals surface area contributed by atoms with Gasteiger partial charge in [0.15, 0.2) is 0 Å². The Balaban J connectivity index is 1.55. The summed E-state index contributed by atoms with van der Waals surface area (Å²) in [6.45, 7) is 10.8. The van der Waals surface area contributed by atoms with Gasteiger partial charge in [-0.25, -0.2) is 9.48 Å². The summed E-state index contributed by atoms with van der Waals surface area (Å²) in [4.78, 5) is 28.1. The van der Waals surface area contributed by atoms with Crippen molar-refractivity contribution in [2.75, 3.05) is 23.7 Å². The van der Waals surface area contributed by atoms with Gasteiger partial charge in [0, 0.05) is 23.9 Å². The molecule has 0 saturated carbocycles. The molecule has 1 aromatic heterocycles. The van der Waals surface area contributed by atoms with Gasteiger partial charge in [-0.1, -0.05) is 87.4 Å². The molecule has 0 fully saturated rings. The Morgan fingerprint density at radius 2 is 1.65 bits per heavy atom. The Hall–Kier alpha value is -4.39. The Bertz CT molecular complexity index is 1440. The number of unbranched alkanes of at least 4 members (excludes halogenated alkanes) is 1. The maximum atomic E-state index is 13.4. The van der Waals surface area contributed by atoms with E-state index in [1.807, 2.05) is 86.6 Å². The second-order valence-electron chi connectivity index (χ2n) is 10.5. The predicted molar refractivity (Wildman–Crippen MR) is 163 cm³/mol. The molecular weight excluding hydrogens is 498 g/mol. The number of nitrogens with zero attached hydrogens (tertiary/aromatic N) is 3. The van der Waals surface area contributed by atoms with E-state index in [4.69, 9.17) is 5.10 Å². The molecule has 0 aliphatic heterocycles. The summed E-state index contributed by atoms with van der Waals surface area (Å²) >= 11 is 0. The van der Waals surface area contributed by atoms with Crippen LogP contribution in [0.3, 0.4) is 0 Å². The first kappa shape index (κ1) is 28.6. The maximum absolute atomic E-state index is 13.4. The van der Waals surface area contributed by atoms with Crippen LogP contribution in [-0.2, 0) is 4.79 Å². The van der Waals surface area contributed by atoms with E-state index >= 15 is 0 Å². The number of carbonyl (C=O) groups excluding carboxylic acids is 2. The molecule has 0 aliphatic carbocycles. The van der Waals surface area contributed by atoms with Crippen molar-refractivity contribution in [2.45, 2.75) is 53.4 Å². The molecule has 2 N–H and O–H groups in total. The van der Waals surface area contributed by atoms with Gasteiger partial charge < -0.3 is 15.5 Å². The van der Waals surface area contributed by atoms with Crippen LogP contribution in [0.15, 0.2) is 78.9 Å². The molecule has 3 aromatic carbocycles. The van der Waals surface area contributed by atoms with E-state index in [-0.39, 0.29) is 18.5 Å². The Morgan fingerprint density at radius 3 is 2.30 bits per heavy atom. The minimum absolute atomic E-state index is 0.0748. The lowest BCUT2D eigenvalue weighted by atomic mass is 10.0. The van der Waals surface area contributed by atoms with Crippen molar-refractivity contribution in [1.29, 1.82) is 0 Å². The smallest absolute Gasteiger partial charge is 0.315 e. The number of hydrogen-bond donors (Lipinski definition) is 2. The average Bonchev–Trinajstić information content (AvgIpc) is 3.35. The summed E-state index contributed by atoms with van der Waals surface area (Å²) in [6, 6.07) is 25.4. The number of urea groups is 1. The van der Waals surface area contributed by atoms with Crippen molar-refractivity contribution in [2.24, 2.45) is 0 Å². The standard InChI is InChI=1S/C33H39N5O2/c1-6-7-19-37(33(40)34-28-16-14-26(15-17-28)23(2)3)22-32(39)35-31-21-29(27-11-9-8-10-12-27)36-38(31)30-18-13-24(4)20-25(30)5/h8-18,20-21,23H,6-7,19,22H2,1-5H3,(H,34,40)(H,35,39). The van der Waals surface area contributed by atoms with Gasteiger partial charge in [-0.2, -0.15) is 5.10 Å². The summed E-state index contributed by atoms with van der Waals surface area (Å²) in [7, 11) is 0. The number of benzene rings is 3. The molecule has 0 saturated heterocycles. The highest BCUT2D eigenvalue weighted by Gasteiger charge is 2.20. The lowest BCUT2D eigenvalue weighted by Gasteiger charge is -2.23. The molecule has 7 heteroatoms. The van der Waals surface area contributed by atoms with Crippen LogP contribution in [0.4, 0.5) is 16.3 Å². The minimum atomic E-state index is -0.297. The lowest BCUT2D eigenvalue weighted by molar-refractivity contribution is -0.116. The van der Waals surface area contributed by atoms with Crippen molar-refractivity contribution >= 4 is 23.4 Å². The number of carbonyl (C=O) groups is 2. The summed E-state index contributed by atoms with van der Waals surface area (Å²) in [5, 5.41) is 10.8. The topological polar surface area (TPSA) is 79.3 Å². The molecular formula is C33H39N5O2. The Labute approximate surface area is 237 Å². The van der Waals surface area contributed by atoms with Gasteiger partial charge >= 0.3 is 6.03 Å². The van der Waals surface area contributed by atoms with Crippen LogP contribution in [0.25, 0.3) is 16.9 Å². The number of anilines is 2. The third-order valence-electron chi connectivity index (χ3n) is 6.86. The average molecular weight is 538 g/mol. The van der Waals surface area contributed by atoms with Crippen molar-refractivity contribution in [3.63, 3.8) is 0 Å². The number of aryl methyl sites for hydroxylation is 2. The molecule has 0 atom stereocenters. The molecule has 0 bridgehead atoms. The SMILES string of the molecule is CCCCN(CC(=O)Nc1cc(-c2ccccc2)nn1-c1ccc(C)cc1C)C(=O)Nc1ccc(C(C)C)cc1. The number of hydrogen-bond acceptors (Lipinski definition) is 3. The summed E-state index contributed by atoms with van der Waals surface area (Å²) in [6.07, 6.45) is 1.71.